The fourth-order valence-electron chi connectivity index (χ4n) is 1.63. The fraction of sp³-hybridized carbons (Fsp3) is 0.533. The van der Waals surface area contributed by atoms with Crippen LogP contribution in [0.4, 0.5) is 16.3 Å². The Labute approximate surface area is 143 Å². The SMILES string of the molecule is C=C(C)COc1ncnc(N(COCC[Si](C)(C)C)C(=O)O)c1N. The smallest absolute Gasteiger partial charge is 0.415 e. The number of carboxylic acid groups (broad SMARTS) is 1. The van der Waals surface area contributed by atoms with Gasteiger partial charge in [0.15, 0.2) is 5.82 Å². The topological polar surface area (TPSA) is 111 Å². The molecule has 1 amide bonds. The Morgan fingerprint density at radius 1 is 1.42 bits per heavy atom. The molecular formula is C15H26N4O4Si. The first kappa shape index (κ1) is 19.9. The maximum Gasteiger partial charge on any atom is 0.415 e. The Morgan fingerprint density at radius 2 is 2.08 bits per heavy atom. The number of nitrogens with zero attached hydrogens (tertiary/aromatic N) is 3. The molecule has 0 saturated heterocycles. The van der Waals surface area contributed by atoms with Crippen LogP contribution in [0.3, 0.4) is 0 Å². The second-order valence-electron chi connectivity index (χ2n) is 6.72. The molecular weight excluding hydrogens is 328 g/mol. The van der Waals surface area contributed by atoms with Crippen LogP contribution < -0.4 is 15.4 Å². The van der Waals surface area contributed by atoms with Crippen molar-refractivity contribution in [3.8, 4) is 5.88 Å². The van der Waals surface area contributed by atoms with Gasteiger partial charge in [-0.05, 0) is 18.5 Å². The molecule has 0 unspecified atom stereocenters. The van der Waals surface area contributed by atoms with E-state index in [0.717, 1.165) is 16.5 Å². The van der Waals surface area contributed by atoms with Gasteiger partial charge >= 0.3 is 6.09 Å². The maximum atomic E-state index is 11.5. The van der Waals surface area contributed by atoms with E-state index in [1.54, 1.807) is 6.92 Å². The molecule has 134 valence electrons. The number of ether oxygens (including phenoxy) is 2. The molecule has 1 aromatic heterocycles. The van der Waals surface area contributed by atoms with Crippen LogP contribution in [0.15, 0.2) is 18.5 Å². The van der Waals surface area contributed by atoms with E-state index in [0.29, 0.717) is 6.61 Å². The molecule has 0 spiro atoms. The summed E-state index contributed by atoms with van der Waals surface area (Å²) in [6.45, 7) is 12.8. The first-order chi connectivity index (χ1) is 11.1. The summed E-state index contributed by atoms with van der Waals surface area (Å²) in [5, 5.41) is 9.40. The average molecular weight is 354 g/mol. The molecule has 0 radical (unpaired) electrons. The zero-order valence-electron chi connectivity index (χ0n) is 14.7. The Balaban J connectivity index is 2.83. The van der Waals surface area contributed by atoms with Crippen molar-refractivity contribution in [2.24, 2.45) is 0 Å². The lowest BCUT2D eigenvalue weighted by atomic mass is 10.4. The summed E-state index contributed by atoms with van der Waals surface area (Å²) >= 11 is 0. The van der Waals surface area contributed by atoms with Crippen molar-refractivity contribution in [2.45, 2.75) is 32.6 Å². The van der Waals surface area contributed by atoms with Crippen LogP contribution >= 0.6 is 0 Å². The minimum Gasteiger partial charge on any atom is -0.472 e. The Morgan fingerprint density at radius 3 is 2.62 bits per heavy atom. The number of nitrogen functional groups attached to an aromatic ring is 1. The maximum absolute atomic E-state index is 11.5. The monoisotopic (exact) mass is 354 g/mol. The molecule has 0 aromatic carbocycles. The van der Waals surface area contributed by atoms with E-state index in [9.17, 15) is 9.90 Å². The van der Waals surface area contributed by atoms with Gasteiger partial charge in [-0.25, -0.2) is 14.7 Å². The minimum atomic E-state index is -1.25. The lowest BCUT2D eigenvalue weighted by Gasteiger charge is -2.21. The van der Waals surface area contributed by atoms with E-state index in [4.69, 9.17) is 15.2 Å². The van der Waals surface area contributed by atoms with Crippen molar-refractivity contribution >= 4 is 25.7 Å². The fourth-order valence-corrected chi connectivity index (χ4v) is 2.39. The molecule has 0 bridgehead atoms. The van der Waals surface area contributed by atoms with Crippen molar-refractivity contribution in [2.75, 3.05) is 30.6 Å². The molecule has 0 aliphatic rings. The lowest BCUT2D eigenvalue weighted by molar-refractivity contribution is 0.136. The summed E-state index contributed by atoms with van der Waals surface area (Å²) in [5.74, 6) is 0.165. The van der Waals surface area contributed by atoms with E-state index in [-0.39, 0.29) is 30.7 Å². The summed E-state index contributed by atoms with van der Waals surface area (Å²) < 4.78 is 10.9. The van der Waals surface area contributed by atoms with Gasteiger partial charge in [0, 0.05) is 14.7 Å². The number of hydrogen-bond acceptors (Lipinski definition) is 6. The number of amides is 1. The summed E-state index contributed by atoms with van der Waals surface area (Å²) in [4.78, 5) is 20.3. The molecule has 0 atom stereocenters. The highest BCUT2D eigenvalue weighted by Gasteiger charge is 2.22. The highest BCUT2D eigenvalue weighted by atomic mass is 28.3. The van der Waals surface area contributed by atoms with E-state index in [1.165, 1.54) is 6.33 Å². The third-order valence-electron chi connectivity index (χ3n) is 2.98. The van der Waals surface area contributed by atoms with Gasteiger partial charge in [-0.3, -0.25) is 0 Å². The number of hydrogen-bond donors (Lipinski definition) is 2. The highest BCUT2D eigenvalue weighted by Crippen LogP contribution is 2.28. The number of rotatable bonds is 9. The summed E-state index contributed by atoms with van der Waals surface area (Å²) in [6.07, 6.45) is -0.00321. The van der Waals surface area contributed by atoms with Gasteiger partial charge in [0.25, 0.3) is 0 Å². The molecule has 8 nitrogen and oxygen atoms in total. The molecule has 0 fully saturated rings. The first-order valence-electron chi connectivity index (χ1n) is 7.57. The minimum absolute atomic E-state index is 0.0437. The standard InChI is InChI=1S/C15H26N4O4Si/c1-11(2)8-23-14-12(16)13(17-9-18-14)19(15(20)21)10-22-6-7-24(3,4)5/h9H,1,6-8,10,16H2,2-5H3,(H,20,21). The molecule has 0 aliphatic heterocycles. The quantitative estimate of drug-likeness (QED) is 0.303. The molecule has 24 heavy (non-hydrogen) atoms. The van der Waals surface area contributed by atoms with Crippen LogP contribution in [0.5, 0.6) is 5.88 Å². The van der Waals surface area contributed by atoms with E-state index in [2.05, 4.69) is 36.2 Å². The molecule has 1 aromatic rings. The van der Waals surface area contributed by atoms with E-state index < -0.39 is 14.2 Å². The second-order valence-corrected chi connectivity index (χ2v) is 12.3. The summed E-state index contributed by atoms with van der Waals surface area (Å²) in [5.41, 5.74) is 6.79. The van der Waals surface area contributed by atoms with E-state index >= 15 is 0 Å². The van der Waals surface area contributed by atoms with Gasteiger partial charge in [0.05, 0.1) is 0 Å². The third kappa shape index (κ3) is 6.55. The van der Waals surface area contributed by atoms with Crippen LogP contribution in [0.25, 0.3) is 0 Å². The zero-order chi connectivity index (χ0) is 18.3. The van der Waals surface area contributed by atoms with Gasteiger partial charge in [-0.2, -0.15) is 4.98 Å². The Kier molecular flexibility index (Phi) is 7.17. The number of aromatic nitrogens is 2. The first-order valence-corrected chi connectivity index (χ1v) is 11.3. The molecule has 3 N–H and O–H groups in total. The zero-order valence-corrected chi connectivity index (χ0v) is 15.7. The van der Waals surface area contributed by atoms with E-state index in [1.807, 2.05) is 0 Å². The second kappa shape index (κ2) is 8.64. The molecule has 0 aliphatic carbocycles. The lowest BCUT2D eigenvalue weighted by Crippen LogP contribution is -2.34. The molecule has 0 saturated carbocycles. The van der Waals surface area contributed by atoms with Gasteiger partial charge in [-0.15, -0.1) is 0 Å². The third-order valence-corrected chi connectivity index (χ3v) is 4.69. The number of anilines is 2. The van der Waals surface area contributed by atoms with Crippen LogP contribution in [0, 0.1) is 0 Å². The van der Waals surface area contributed by atoms with Gasteiger partial charge in [0.2, 0.25) is 5.88 Å². The molecule has 1 rings (SSSR count). The largest absolute Gasteiger partial charge is 0.472 e. The van der Waals surface area contributed by atoms with Crippen molar-refractivity contribution in [1.29, 1.82) is 0 Å². The van der Waals surface area contributed by atoms with Crippen LogP contribution in [-0.4, -0.2) is 49.2 Å². The summed E-state index contributed by atoms with van der Waals surface area (Å²) in [7, 11) is -1.25. The van der Waals surface area contributed by atoms with Crippen molar-refractivity contribution < 1.29 is 19.4 Å². The predicted molar refractivity (Wildman–Crippen MR) is 96.2 cm³/mol. The highest BCUT2D eigenvalue weighted by molar-refractivity contribution is 6.76. The van der Waals surface area contributed by atoms with Gasteiger partial charge < -0.3 is 20.3 Å². The van der Waals surface area contributed by atoms with Crippen molar-refractivity contribution in [3.63, 3.8) is 0 Å². The van der Waals surface area contributed by atoms with Gasteiger partial charge in [-0.1, -0.05) is 26.2 Å². The van der Waals surface area contributed by atoms with Gasteiger partial charge in [0.1, 0.15) is 25.4 Å². The van der Waals surface area contributed by atoms with Crippen LogP contribution in [0.1, 0.15) is 6.92 Å². The Bertz CT molecular complexity index is 589. The predicted octanol–water partition coefficient (Wildman–Crippen LogP) is 2.81. The van der Waals surface area contributed by atoms with Crippen molar-refractivity contribution in [1.82, 2.24) is 9.97 Å². The average Bonchev–Trinajstić information content (AvgIpc) is 2.45. The van der Waals surface area contributed by atoms with Crippen LogP contribution in [0.2, 0.25) is 25.7 Å². The summed E-state index contributed by atoms with van der Waals surface area (Å²) in [6, 6.07) is 0.937. The molecule has 9 heteroatoms. The number of nitrogens with two attached hydrogens (primary N) is 1. The van der Waals surface area contributed by atoms with Crippen molar-refractivity contribution in [3.05, 3.63) is 18.5 Å². The van der Waals surface area contributed by atoms with Crippen LogP contribution in [-0.2, 0) is 4.74 Å². The molecule has 1 heterocycles. The number of carbonyl (C=O) groups is 1. The normalized spacial score (nSPS) is 11.2. The Hall–Kier alpha value is -2.13.